The summed E-state index contributed by atoms with van der Waals surface area (Å²) in [6.45, 7) is 2.43. The van der Waals surface area contributed by atoms with Crippen LogP contribution in [0, 0.1) is 0 Å². The molecule has 0 spiro atoms. The summed E-state index contributed by atoms with van der Waals surface area (Å²) in [5, 5.41) is 0. The van der Waals surface area contributed by atoms with Gasteiger partial charge in [0.1, 0.15) is 12.4 Å². The molecule has 27 heavy (non-hydrogen) atoms. The zero-order valence-electron chi connectivity index (χ0n) is 15.2. The van der Waals surface area contributed by atoms with Crippen molar-refractivity contribution >= 4 is 29.1 Å². The van der Waals surface area contributed by atoms with E-state index in [2.05, 4.69) is 4.98 Å². The molecule has 2 amide bonds. The van der Waals surface area contributed by atoms with Crippen molar-refractivity contribution in [2.75, 3.05) is 28.6 Å². The first-order chi connectivity index (χ1) is 13.1. The van der Waals surface area contributed by atoms with Crippen LogP contribution in [0.4, 0.5) is 17.3 Å². The van der Waals surface area contributed by atoms with Gasteiger partial charge in [-0.3, -0.25) is 14.5 Å². The van der Waals surface area contributed by atoms with Crippen LogP contribution in [0.25, 0.3) is 0 Å². The molecule has 0 fully saturated rings. The Kier molecular flexibility index (Phi) is 4.43. The fraction of sp³-hybridized carbons (Fsp3) is 0.350. The van der Waals surface area contributed by atoms with Gasteiger partial charge in [0.2, 0.25) is 5.91 Å². The smallest absolute Gasteiger partial charge is 0.269 e. The van der Waals surface area contributed by atoms with E-state index in [0.29, 0.717) is 24.5 Å². The minimum Gasteiger partial charge on any atom is -0.477 e. The highest BCUT2D eigenvalue weighted by Gasteiger charge is 2.37. The minimum absolute atomic E-state index is 0.0868. The molecule has 0 aliphatic carbocycles. The average Bonchev–Trinajstić information content (AvgIpc) is 2.69. The van der Waals surface area contributed by atoms with E-state index < -0.39 is 6.10 Å². The summed E-state index contributed by atoms with van der Waals surface area (Å²) in [6.07, 6.45) is 1.75. The summed E-state index contributed by atoms with van der Waals surface area (Å²) >= 11 is 0. The van der Waals surface area contributed by atoms with Gasteiger partial charge >= 0.3 is 0 Å². The van der Waals surface area contributed by atoms with Crippen molar-refractivity contribution in [3.63, 3.8) is 0 Å². The van der Waals surface area contributed by atoms with Gasteiger partial charge in [-0.2, -0.15) is 0 Å². The summed E-state index contributed by atoms with van der Waals surface area (Å²) in [5.41, 5.74) is 7.86. The first-order valence-electron chi connectivity index (χ1n) is 9.21. The molecule has 2 aliphatic rings. The third kappa shape index (κ3) is 3.09. The zero-order valence-corrected chi connectivity index (χ0v) is 15.2. The largest absolute Gasteiger partial charge is 0.477 e. The maximum atomic E-state index is 13.1. The van der Waals surface area contributed by atoms with Gasteiger partial charge < -0.3 is 15.4 Å². The van der Waals surface area contributed by atoms with Crippen LogP contribution in [-0.4, -0.2) is 36.0 Å². The van der Waals surface area contributed by atoms with Gasteiger partial charge in [-0.25, -0.2) is 4.98 Å². The van der Waals surface area contributed by atoms with E-state index in [9.17, 15) is 9.59 Å². The molecule has 7 heteroatoms. The number of anilines is 3. The molecule has 1 aromatic carbocycles. The predicted octanol–water partition coefficient (Wildman–Crippen LogP) is 2.15. The van der Waals surface area contributed by atoms with Crippen molar-refractivity contribution in [1.82, 2.24) is 4.98 Å². The summed E-state index contributed by atoms with van der Waals surface area (Å²) < 4.78 is 5.73. The van der Waals surface area contributed by atoms with Crippen molar-refractivity contribution in [2.24, 2.45) is 0 Å². The van der Waals surface area contributed by atoms with Gasteiger partial charge in [0.15, 0.2) is 17.7 Å². The topological polar surface area (TPSA) is 88.8 Å². The van der Waals surface area contributed by atoms with E-state index in [1.54, 1.807) is 17.0 Å². The summed E-state index contributed by atoms with van der Waals surface area (Å²) in [5.74, 6) is 0.663. The fourth-order valence-electron chi connectivity index (χ4n) is 3.64. The number of amides is 2. The molecule has 2 aromatic rings. The molecular weight excluding hydrogens is 344 g/mol. The number of hydrogen-bond acceptors (Lipinski definition) is 5. The average molecular weight is 366 g/mol. The molecule has 0 radical (unpaired) electrons. The van der Waals surface area contributed by atoms with Crippen LogP contribution in [0.2, 0.25) is 0 Å². The van der Waals surface area contributed by atoms with Crippen LogP contribution in [0.5, 0.6) is 5.75 Å². The number of aromatic nitrogens is 1. The number of hydrogen-bond donors (Lipinski definition) is 1. The van der Waals surface area contributed by atoms with Crippen molar-refractivity contribution in [2.45, 2.75) is 32.3 Å². The Morgan fingerprint density at radius 3 is 2.93 bits per heavy atom. The number of carbonyl (C=O) groups is 2. The molecule has 0 bridgehead atoms. The molecule has 1 aromatic heterocycles. The Hall–Kier alpha value is -3.09. The second kappa shape index (κ2) is 6.90. The standard InChI is InChI=1S/C20H22N4O3/c1-2-15-20(26)24(19-16(27-15)9-10-17(21)22-19)12-18(25)23-11-5-7-13-6-3-4-8-14(13)23/h3-4,6,8-10,15H,2,5,7,11-12H2,1H3,(H2,21,22). The number of para-hydroxylation sites is 1. The second-order valence-electron chi connectivity index (χ2n) is 6.77. The molecule has 2 N–H and O–H groups in total. The second-order valence-corrected chi connectivity index (χ2v) is 6.77. The molecule has 0 saturated heterocycles. The van der Waals surface area contributed by atoms with Gasteiger partial charge in [-0.05, 0) is 43.0 Å². The zero-order chi connectivity index (χ0) is 19.0. The third-order valence-electron chi connectivity index (χ3n) is 5.00. The number of pyridine rings is 1. The number of benzene rings is 1. The summed E-state index contributed by atoms with van der Waals surface area (Å²) in [6, 6.07) is 11.2. The lowest BCUT2D eigenvalue weighted by Gasteiger charge is -2.35. The van der Waals surface area contributed by atoms with E-state index in [1.807, 2.05) is 31.2 Å². The van der Waals surface area contributed by atoms with E-state index in [1.165, 1.54) is 4.90 Å². The molecule has 1 unspecified atom stereocenters. The van der Waals surface area contributed by atoms with Crippen molar-refractivity contribution in [3.8, 4) is 5.75 Å². The highest BCUT2D eigenvalue weighted by atomic mass is 16.5. The molecule has 140 valence electrons. The number of aryl methyl sites for hydroxylation is 1. The van der Waals surface area contributed by atoms with Gasteiger partial charge in [0, 0.05) is 12.2 Å². The van der Waals surface area contributed by atoms with Crippen molar-refractivity contribution < 1.29 is 14.3 Å². The van der Waals surface area contributed by atoms with Crippen LogP contribution in [0.1, 0.15) is 25.3 Å². The van der Waals surface area contributed by atoms with Crippen molar-refractivity contribution in [1.29, 1.82) is 0 Å². The molecule has 0 saturated carbocycles. The maximum Gasteiger partial charge on any atom is 0.269 e. The molecule has 3 heterocycles. The molecule has 1 atom stereocenters. The molecule has 7 nitrogen and oxygen atoms in total. The summed E-state index contributed by atoms with van der Waals surface area (Å²) in [7, 11) is 0. The quantitative estimate of drug-likeness (QED) is 0.899. The van der Waals surface area contributed by atoms with Crippen LogP contribution in [0.3, 0.4) is 0 Å². The van der Waals surface area contributed by atoms with E-state index in [-0.39, 0.29) is 24.2 Å². The van der Waals surface area contributed by atoms with Gasteiger partial charge in [-0.15, -0.1) is 0 Å². The highest BCUT2D eigenvalue weighted by Crippen LogP contribution is 2.34. The molecule has 2 aliphatic heterocycles. The van der Waals surface area contributed by atoms with E-state index in [4.69, 9.17) is 10.5 Å². The number of carbonyl (C=O) groups excluding carboxylic acids is 2. The van der Waals surface area contributed by atoms with Crippen molar-refractivity contribution in [3.05, 3.63) is 42.0 Å². The normalized spacial score (nSPS) is 18.6. The Balaban J connectivity index is 1.65. The van der Waals surface area contributed by atoms with Gasteiger partial charge in [-0.1, -0.05) is 25.1 Å². The minimum atomic E-state index is -0.621. The number of rotatable bonds is 3. The number of nitrogens with zero attached hydrogens (tertiary/aromatic N) is 3. The SMILES string of the molecule is CCC1Oc2ccc(N)nc2N(CC(=O)N2CCCc3ccccc32)C1=O. The number of ether oxygens (including phenoxy) is 1. The summed E-state index contributed by atoms with van der Waals surface area (Å²) in [4.78, 5) is 33.3. The fourth-order valence-corrected chi connectivity index (χ4v) is 3.64. The maximum absolute atomic E-state index is 13.1. The highest BCUT2D eigenvalue weighted by molar-refractivity contribution is 6.06. The van der Waals surface area contributed by atoms with E-state index >= 15 is 0 Å². The van der Waals surface area contributed by atoms with Gasteiger partial charge in [0.25, 0.3) is 5.91 Å². The Labute approximate surface area is 157 Å². The van der Waals surface area contributed by atoms with Crippen LogP contribution >= 0.6 is 0 Å². The van der Waals surface area contributed by atoms with Gasteiger partial charge in [0.05, 0.1) is 0 Å². The Bertz CT molecular complexity index is 899. The first kappa shape index (κ1) is 17.3. The predicted molar refractivity (Wildman–Crippen MR) is 103 cm³/mol. The van der Waals surface area contributed by atoms with E-state index in [0.717, 1.165) is 24.1 Å². The monoisotopic (exact) mass is 366 g/mol. The van der Waals surface area contributed by atoms with Crippen LogP contribution < -0.4 is 20.3 Å². The number of fused-ring (bicyclic) bond motifs is 2. The van der Waals surface area contributed by atoms with Crippen LogP contribution in [0.15, 0.2) is 36.4 Å². The third-order valence-corrected chi connectivity index (χ3v) is 5.00. The van der Waals surface area contributed by atoms with Crippen LogP contribution in [-0.2, 0) is 16.0 Å². The lowest BCUT2D eigenvalue weighted by molar-refractivity contribution is -0.128. The number of nitrogen functional groups attached to an aromatic ring is 1. The first-order valence-corrected chi connectivity index (χ1v) is 9.21. The number of nitrogens with two attached hydrogens (primary N) is 1. The lowest BCUT2D eigenvalue weighted by Crippen LogP contribution is -2.51. The Morgan fingerprint density at radius 1 is 1.30 bits per heavy atom. The lowest BCUT2D eigenvalue weighted by atomic mass is 10.0. The molecular formula is C20H22N4O3. The Morgan fingerprint density at radius 2 is 2.11 bits per heavy atom. The molecule has 4 rings (SSSR count).